The molecule has 1 aromatic heterocycles. The second kappa shape index (κ2) is 8.32. The first-order valence-corrected chi connectivity index (χ1v) is 9.72. The number of aromatic nitrogens is 2. The third-order valence-corrected chi connectivity index (χ3v) is 5.69. The van der Waals surface area contributed by atoms with Crippen molar-refractivity contribution in [1.82, 2.24) is 14.9 Å². The lowest BCUT2D eigenvalue weighted by molar-refractivity contribution is -0.129. The van der Waals surface area contributed by atoms with Crippen molar-refractivity contribution in [3.05, 3.63) is 18.2 Å². The van der Waals surface area contributed by atoms with Crippen LogP contribution in [-0.2, 0) is 16.1 Å². The topological polar surface area (TPSA) is 76.4 Å². The fourth-order valence-electron chi connectivity index (χ4n) is 4.22. The molecule has 0 spiro atoms. The van der Waals surface area contributed by atoms with Gasteiger partial charge in [-0.05, 0) is 38.5 Å². The number of ether oxygens (including phenoxy) is 1. The van der Waals surface area contributed by atoms with Crippen LogP contribution in [0.2, 0.25) is 0 Å². The van der Waals surface area contributed by atoms with Gasteiger partial charge in [-0.2, -0.15) is 0 Å². The second-order valence-electron chi connectivity index (χ2n) is 7.53. The van der Waals surface area contributed by atoms with Crippen molar-refractivity contribution in [2.24, 2.45) is 5.92 Å². The molecule has 1 unspecified atom stereocenters. The molecular formula is C19H31N3O3. The van der Waals surface area contributed by atoms with Crippen LogP contribution in [0, 0.1) is 5.92 Å². The first-order chi connectivity index (χ1) is 12.1. The Morgan fingerprint density at radius 3 is 2.80 bits per heavy atom. The zero-order valence-corrected chi connectivity index (χ0v) is 15.2. The summed E-state index contributed by atoms with van der Waals surface area (Å²) >= 11 is 0. The van der Waals surface area contributed by atoms with Gasteiger partial charge in [0.1, 0.15) is 5.82 Å². The van der Waals surface area contributed by atoms with Gasteiger partial charge in [-0.25, -0.2) is 4.98 Å². The number of rotatable bonds is 6. The van der Waals surface area contributed by atoms with Crippen molar-refractivity contribution >= 4 is 5.91 Å². The highest BCUT2D eigenvalue weighted by atomic mass is 16.5. The lowest BCUT2D eigenvalue weighted by Crippen LogP contribution is -2.42. The number of imidazole rings is 1. The van der Waals surface area contributed by atoms with Gasteiger partial charge in [-0.1, -0.05) is 19.3 Å². The Labute approximate surface area is 150 Å². The molecule has 1 aromatic rings. The van der Waals surface area contributed by atoms with E-state index in [4.69, 9.17) is 4.74 Å². The normalized spacial score (nSPS) is 22.5. The summed E-state index contributed by atoms with van der Waals surface area (Å²) in [5.74, 6) is 1.18. The second-order valence-corrected chi connectivity index (χ2v) is 7.53. The van der Waals surface area contributed by atoms with E-state index in [0.29, 0.717) is 5.92 Å². The molecule has 6 nitrogen and oxygen atoms in total. The van der Waals surface area contributed by atoms with Crippen LogP contribution in [0.4, 0.5) is 0 Å². The number of amides is 1. The van der Waals surface area contributed by atoms with E-state index in [0.717, 1.165) is 70.5 Å². The number of carbonyl (C=O) groups excluding carboxylic acids is 1. The molecule has 1 aliphatic carbocycles. The number of nitrogens with one attached hydrogen (secondary N) is 1. The predicted octanol–water partition coefficient (Wildman–Crippen LogP) is 2.57. The van der Waals surface area contributed by atoms with E-state index in [9.17, 15) is 9.90 Å². The van der Waals surface area contributed by atoms with Gasteiger partial charge in [0.2, 0.25) is 5.91 Å². The molecule has 6 heteroatoms. The number of carbonyl (C=O) groups is 1. The van der Waals surface area contributed by atoms with Gasteiger partial charge in [0.05, 0.1) is 18.1 Å². The van der Waals surface area contributed by atoms with Crippen LogP contribution in [0.25, 0.3) is 0 Å². The molecule has 1 atom stereocenters. The quantitative estimate of drug-likeness (QED) is 0.827. The predicted molar refractivity (Wildman–Crippen MR) is 95.0 cm³/mol. The van der Waals surface area contributed by atoms with Gasteiger partial charge in [-0.3, -0.25) is 4.79 Å². The maximum absolute atomic E-state index is 12.7. The van der Waals surface area contributed by atoms with Crippen LogP contribution in [-0.4, -0.2) is 39.4 Å². The fraction of sp³-hybridized carbons (Fsp3) is 0.789. The first-order valence-electron chi connectivity index (χ1n) is 9.72. The summed E-state index contributed by atoms with van der Waals surface area (Å²) in [5.41, 5.74) is -0.831. The van der Waals surface area contributed by atoms with Crippen molar-refractivity contribution in [1.29, 1.82) is 0 Å². The van der Waals surface area contributed by atoms with Crippen molar-refractivity contribution in [3.63, 3.8) is 0 Å². The monoisotopic (exact) mass is 349 g/mol. The van der Waals surface area contributed by atoms with E-state index in [-0.39, 0.29) is 18.4 Å². The lowest BCUT2D eigenvalue weighted by atomic mass is 9.82. The van der Waals surface area contributed by atoms with Gasteiger partial charge in [0.25, 0.3) is 0 Å². The number of nitrogens with zero attached hydrogens (tertiary/aromatic N) is 2. The number of hydrogen-bond donors (Lipinski definition) is 2. The van der Waals surface area contributed by atoms with Crippen molar-refractivity contribution in [2.45, 2.75) is 76.5 Å². The van der Waals surface area contributed by atoms with Crippen molar-refractivity contribution in [3.8, 4) is 0 Å². The highest BCUT2D eigenvalue weighted by Crippen LogP contribution is 2.33. The highest BCUT2D eigenvalue weighted by molar-refractivity contribution is 5.77. The third-order valence-electron chi connectivity index (χ3n) is 5.69. The molecule has 0 aromatic carbocycles. The zero-order chi connectivity index (χ0) is 17.7. The van der Waals surface area contributed by atoms with Crippen LogP contribution in [0.3, 0.4) is 0 Å². The maximum Gasteiger partial charge on any atom is 0.223 e. The Bertz CT molecular complexity index is 560. The van der Waals surface area contributed by atoms with Gasteiger partial charge in [-0.15, -0.1) is 0 Å². The molecular weight excluding hydrogens is 318 g/mol. The minimum Gasteiger partial charge on any atom is -0.389 e. The van der Waals surface area contributed by atoms with Gasteiger partial charge in [0.15, 0.2) is 0 Å². The molecule has 25 heavy (non-hydrogen) atoms. The zero-order valence-electron chi connectivity index (χ0n) is 15.2. The summed E-state index contributed by atoms with van der Waals surface area (Å²) in [6.45, 7) is 4.37. The average Bonchev–Trinajstić information content (AvgIpc) is 3.09. The minimum absolute atomic E-state index is 0.0634. The highest BCUT2D eigenvalue weighted by Gasteiger charge is 2.35. The molecule has 1 saturated heterocycles. The number of aryl methyl sites for hydroxylation is 1. The standard InChI is InChI=1S/C19H31N3O3/c1-2-22-11-10-20-18(22)17(15-6-12-25-13-7-15)21-16(23)14-19(24)8-4-3-5-9-19/h10-11,15,17,24H,2-9,12-14H2,1H3,(H,21,23). The Morgan fingerprint density at radius 2 is 2.12 bits per heavy atom. The molecule has 2 heterocycles. The molecule has 1 saturated carbocycles. The molecule has 0 bridgehead atoms. The van der Waals surface area contributed by atoms with E-state index >= 15 is 0 Å². The van der Waals surface area contributed by atoms with Crippen LogP contribution < -0.4 is 5.32 Å². The number of hydrogen-bond acceptors (Lipinski definition) is 4. The van der Waals surface area contributed by atoms with E-state index < -0.39 is 5.60 Å². The molecule has 2 aliphatic rings. The van der Waals surface area contributed by atoms with Crippen LogP contribution >= 0.6 is 0 Å². The third kappa shape index (κ3) is 4.61. The summed E-state index contributed by atoms with van der Waals surface area (Å²) in [6.07, 6.45) is 10.4. The minimum atomic E-state index is -0.831. The van der Waals surface area contributed by atoms with Gasteiger partial charge in [0, 0.05) is 32.2 Å². The molecule has 3 rings (SSSR count). The smallest absolute Gasteiger partial charge is 0.223 e. The molecule has 2 fully saturated rings. The Kier molecular flexibility index (Phi) is 6.12. The molecule has 140 valence electrons. The molecule has 2 N–H and O–H groups in total. The van der Waals surface area contributed by atoms with Crippen LogP contribution in [0.5, 0.6) is 0 Å². The number of aliphatic hydroxyl groups is 1. The van der Waals surface area contributed by atoms with Crippen molar-refractivity contribution in [2.75, 3.05) is 13.2 Å². The summed E-state index contributed by atoms with van der Waals surface area (Å²) in [7, 11) is 0. The summed E-state index contributed by atoms with van der Waals surface area (Å²) in [6, 6.07) is -0.112. The Hall–Kier alpha value is -1.40. The SMILES string of the molecule is CCn1ccnc1C(NC(=O)CC1(O)CCCCC1)C1CCOCC1. The first kappa shape index (κ1) is 18.4. The molecule has 1 amide bonds. The van der Waals surface area contributed by atoms with Crippen molar-refractivity contribution < 1.29 is 14.6 Å². The van der Waals surface area contributed by atoms with Gasteiger partial charge >= 0.3 is 0 Å². The maximum atomic E-state index is 12.7. The summed E-state index contributed by atoms with van der Waals surface area (Å²) < 4.78 is 7.58. The Morgan fingerprint density at radius 1 is 1.40 bits per heavy atom. The largest absolute Gasteiger partial charge is 0.389 e. The van der Waals surface area contributed by atoms with E-state index in [1.54, 1.807) is 6.20 Å². The average molecular weight is 349 g/mol. The molecule has 1 aliphatic heterocycles. The van der Waals surface area contributed by atoms with E-state index in [1.807, 2.05) is 6.20 Å². The summed E-state index contributed by atoms with van der Waals surface area (Å²) in [4.78, 5) is 17.2. The van der Waals surface area contributed by atoms with Gasteiger partial charge < -0.3 is 19.7 Å². The fourth-order valence-corrected chi connectivity index (χ4v) is 4.22. The Balaban J connectivity index is 1.71. The molecule has 0 radical (unpaired) electrons. The van der Waals surface area contributed by atoms with Crippen LogP contribution in [0.1, 0.15) is 70.2 Å². The van der Waals surface area contributed by atoms with E-state index in [1.165, 1.54) is 0 Å². The van der Waals surface area contributed by atoms with Crippen LogP contribution in [0.15, 0.2) is 12.4 Å². The lowest BCUT2D eigenvalue weighted by Gasteiger charge is -2.34. The van der Waals surface area contributed by atoms with E-state index in [2.05, 4.69) is 21.8 Å². The summed E-state index contributed by atoms with van der Waals surface area (Å²) in [5, 5.41) is 13.9.